The zero-order valence-electron chi connectivity index (χ0n) is 6.93. The monoisotopic (exact) mass is 190 g/mol. The van der Waals surface area contributed by atoms with Crippen LogP contribution in [0.1, 0.15) is 25.7 Å². The maximum Gasteiger partial charge on any atom is 0.334 e. The molecule has 3 nitrogen and oxygen atoms in total. The number of methoxy groups -OCH3 is 1. The minimum atomic E-state index is -1.38. The van der Waals surface area contributed by atoms with E-state index in [-0.39, 0.29) is 5.78 Å². The lowest BCUT2D eigenvalue weighted by Crippen LogP contribution is -2.44. The van der Waals surface area contributed by atoms with Gasteiger partial charge in [-0.05, 0) is 12.8 Å². The molecule has 12 heavy (non-hydrogen) atoms. The molecule has 1 saturated carbocycles. The standard InChI is InChI=1S/C8H11ClO3/c1-12-7(11)8(9)5-3-2-4-6(8)10/h2-5H2,1H3. The highest BCUT2D eigenvalue weighted by Crippen LogP contribution is 2.32. The number of Topliss-reactive ketones (excluding diaryl/α,β-unsaturated/α-hetero) is 1. The molecule has 0 aromatic carbocycles. The Kier molecular flexibility index (Phi) is 2.73. The molecule has 0 N–H and O–H groups in total. The van der Waals surface area contributed by atoms with Crippen LogP contribution in [0.4, 0.5) is 0 Å². The quantitative estimate of drug-likeness (QED) is 0.356. The Morgan fingerprint density at radius 2 is 2.25 bits per heavy atom. The van der Waals surface area contributed by atoms with Crippen molar-refractivity contribution in [2.75, 3.05) is 7.11 Å². The van der Waals surface area contributed by atoms with Gasteiger partial charge in [-0.2, -0.15) is 0 Å². The molecule has 4 heteroatoms. The highest BCUT2D eigenvalue weighted by molar-refractivity contribution is 6.45. The Bertz CT molecular complexity index is 204. The number of alkyl halides is 1. The van der Waals surface area contributed by atoms with Crippen LogP contribution in [0.5, 0.6) is 0 Å². The van der Waals surface area contributed by atoms with E-state index in [4.69, 9.17) is 11.6 Å². The second kappa shape index (κ2) is 3.44. The molecule has 0 heterocycles. The van der Waals surface area contributed by atoms with Crippen LogP contribution in [0.2, 0.25) is 0 Å². The number of ketones is 1. The molecule has 1 atom stereocenters. The van der Waals surface area contributed by atoms with Gasteiger partial charge in [-0.25, -0.2) is 4.79 Å². The van der Waals surface area contributed by atoms with Crippen molar-refractivity contribution in [3.05, 3.63) is 0 Å². The van der Waals surface area contributed by atoms with Gasteiger partial charge in [0.05, 0.1) is 7.11 Å². The highest BCUT2D eigenvalue weighted by Gasteiger charge is 2.45. The van der Waals surface area contributed by atoms with Crippen LogP contribution in [-0.2, 0) is 14.3 Å². The summed E-state index contributed by atoms with van der Waals surface area (Å²) in [7, 11) is 1.24. The first kappa shape index (κ1) is 9.52. The Balaban J connectivity index is 2.79. The van der Waals surface area contributed by atoms with Crippen LogP contribution in [0, 0.1) is 0 Å². The third kappa shape index (κ3) is 1.46. The van der Waals surface area contributed by atoms with Crippen molar-refractivity contribution < 1.29 is 14.3 Å². The maximum atomic E-state index is 11.3. The molecule has 0 amide bonds. The average molecular weight is 191 g/mol. The van der Waals surface area contributed by atoms with Crippen LogP contribution in [0.15, 0.2) is 0 Å². The predicted molar refractivity (Wildman–Crippen MR) is 44.1 cm³/mol. The van der Waals surface area contributed by atoms with Gasteiger partial charge in [0.25, 0.3) is 0 Å². The fourth-order valence-corrected chi connectivity index (χ4v) is 1.67. The summed E-state index contributed by atoms with van der Waals surface area (Å²) in [5.41, 5.74) is 0. The normalized spacial score (nSPS) is 30.0. The van der Waals surface area contributed by atoms with Gasteiger partial charge >= 0.3 is 5.97 Å². The van der Waals surface area contributed by atoms with Gasteiger partial charge in [0, 0.05) is 6.42 Å². The summed E-state index contributed by atoms with van der Waals surface area (Å²) >= 11 is 5.85. The topological polar surface area (TPSA) is 43.4 Å². The minimum Gasteiger partial charge on any atom is -0.467 e. The highest BCUT2D eigenvalue weighted by atomic mass is 35.5. The van der Waals surface area contributed by atoms with Gasteiger partial charge < -0.3 is 4.74 Å². The summed E-state index contributed by atoms with van der Waals surface area (Å²) in [5.74, 6) is -0.823. The summed E-state index contributed by atoms with van der Waals surface area (Å²) in [5, 5.41) is 0. The smallest absolute Gasteiger partial charge is 0.334 e. The maximum absolute atomic E-state index is 11.3. The van der Waals surface area contributed by atoms with Crippen LogP contribution >= 0.6 is 11.6 Å². The average Bonchev–Trinajstić information content (AvgIpc) is 2.09. The number of hydrogen-bond donors (Lipinski definition) is 0. The van der Waals surface area contributed by atoms with E-state index < -0.39 is 10.8 Å². The van der Waals surface area contributed by atoms with E-state index in [0.29, 0.717) is 12.8 Å². The second-order valence-corrected chi connectivity index (χ2v) is 3.57. The molecule has 0 bridgehead atoms. The Hall–Kier alpha value is -0.570. The third-order valence-electron chi connectivity index (χ3n) is 2.13. The zero-order chi connectivity index (χ0) is 9.19. The summed E-state index contributed by atoms with van der Waals surface area (Å²) < 4.78 is 4.47. The molecule has 1 fully saturated rings. The van der Waals surface area contributed by atoms with E-state index in [9.17, 15) is 9.59 Å². The van der Waals surface area contributed by atoms with Crippen molar-refractivity contribution in [2.45, 2.75) is 30.6 Å². The lowest BCUT2D eigenvalue weighted by Gasteiger charge is -2.26. The van der Waals surface area contributed by atoms with Crippen LogP contribution in [-0.4, -0.2) is 23.7 Å². The van der Waals surface area contributed by atoms with Gasteiger partial charge in [0.2, 0.25) is 0 Å². The van der Waals surface area contributed by atoms with Gasteiger partial charge in [0.15, 0.2) is 10.7 Å². The molecule has 1 rings (SSSR count). The molecule has 0 aromatic heterocycles. The van der Waals surface area contributed by atoms with Crippen molar-refractivity contribution in [3.63, 3.8) is 0 Å². The molecule has 0 radical (unpaired) electrons. The number of halogens is 1. The lowest BCUT2D eigenvalue weighted by molar-refractivity contribution is -0.148. The van der Waals surface area contributed by atoms with Crippen LogP contribution in [0.3, 0.4) is 0 Å². The number of carbonyl (C=O) groups is 2. The van der Waals surface area contributed by atoms with Crippen molar-refractivity contribution in [1.82, 2.24) is 0 Å². The Morgan fingerprint density at radius 1 is 1.58 bits per heavy atom. The predicted octanol–water partition coefficient (Wildman–Crippen LogP) is 1.28. The second-order valence-electron chi connectivity index (χ2n) is 2.92. The van der Waals surface area contributed by atoms with Crippen molar-refractivity contribution in [2.24, 2.45) is 0 Å². The van der Waals surface area contributed by atoms with Crippen LogP contribution in [0.25, 0.3) is 0 Å². The molecule has 1 unspecified atom stereocenters. The molecule has 0 saturated heterocycles. The van der Waals surface area contributed by atoms with Gasteiger partial charge in [-0.3, -0.25) is 4.79 Å². The molecule has 1 aliphatic carbocycles. The number of rotatable bonds is 1. The van der Waals surface area contributed by atoms with Crippen molar-refractivity contribution in [1.29, 1.82) is 0 Å². The van der Waals surface area contributed by atoms with E-state index in [1.54, 1.807) is 0 Å². The molecule has 0 aromatic rings. The van der Waals surface area contributed by atoms with Crippen molar-refractivity contribution >= 4 is 23.4 Å². The summed E-state index contributed by atoms with van der Waals surface area (Å²) in [6.45, 7) is 0. The van der Waals surface area contributed by atoms with Crippen molar-refractivity contribution in [3.8, 4) is 0 Å². The van der Waals surface area contributed by atoms with Gasteiger partial charge in [0.1, 0.15) is 0 Å². The molecule has 1 aliphatic rings. The number of ether oxygens (including phenoxy) is 1. The molecule has 0 aliphatic heterocycles. The van der Waals surface area contributed by atoms with E-state index in [2.05, 4.69) is 4.74 Å². The number of carbonyl (C=O) groups excluding carboxylic acids is 2. The number of esters is 1. The largest absolute Gasteiger partial charge is 0.467 e. The van der Waals surface area contributed by atoms with E-state index in [0.717, 1.165) is 12.8 Å². The minimum absolute atomic E-state index is 0.206. The SMILES string of the molecule is COC(=O)C1(Cl)CCCCC1=O. The Morgan fingerprint density at radius 3 is 2.75 bits per heavy atom. The fourth-order valence-electron chi connectivity index (χ4n) is 1.37. The van der Waals surface area contributed by atoms with Crippen LogP contribution < -0.4 is 0 Å². The molecular formula is C8H11ClO3. The zero-order valence-corrected chi connectivity index (χ0v) is 7.69. The first-order valence-corrected chi connectivity index (χ1v) is 4.29. The molecule has 0 spiro atoms. The fraction of sp³-hybridized carbons (Fsp3) is 0.750. The van der Waals surface area contributed by atoms with E-state index >= 15 is 0 Å². The first-order chi connectivity index (χ1) is 5.61. The summed E-state index contributed by atoms with van der Waals surface area (Å²) in [4.78, 5) is 21.0. The number of hydrogen-bond acceptors (Lipinski definition) is 3. The Labute approximate surface area is 76.0 Å². The summed E-state index contributed by atoms with van der Waals surface area (Å²) in [6.07, 6.45) is 2.42. The van der Waals surface area contributed by atoms with Gasteiger partial charge in [-0.15, -0.1) is 0 Å². The molecular weight excluding hydrogens is 180 g/mol. The molecule has 68 valence electrons. The van der Waals surface area contributed by atoms with E-state index in [1.165, 1.54) is 7.11 Å². The van der Waals surface area contributed by atoms with Gasteiger partial charge in [-0.1, -0.05) is 18.0 Å². The summed E-state index contributed by atoms with van der Waals surface area (Å²) in [6, 6.07) is 0. The van der Waals surface area contributed by atoms with E-state index in [1.807, 2.05) is 0 Å². The lowest BCUT2D eigenvalue weighted by atomic mass is 9.87. The third-order valence-corrected chi connectivity index (χ3v) is 2.68. The first-order valence-electron chi connectivity index (χ1n) is 3.92.